The minimum Gasteiger partial charge on any atom is -0.317 e. The molecule has 0 aliphatic carbocycles. The van der Waals surface area contributed by atoms with E-state index in [9.17, 15) is 13.2 Å². The molecule has 2 aromatic carbocycles. The van der Waals surface area contributed by atoms with Gasteiger partial charge in [0, 0.05) is 11.1 Å². The molecule has 0 spiro atoms. The van der Waals surface area contributed by atoms with Crippen molar-refractivity contribution in [3.05, 3.63) is 64.2 Å². The van der Waals surface area contributed by atoms with Gasteiger partial charge >= 0.3 is 0 Å². The van der Waals surface area contributed by atoms with Crippen LogP contribution < -0.4 is 10.5 Å². The van der Waals surface area contributed by atoms with Gasteiger partial charge in [-0.05, 0) is 62.0 Å². The van der Waals surface area contributed by atoms with Crippen LogP contribution in [0.15, 0.2) is 47.4 Å². The lowest BCUT2D eigenvalue weighted by Crippen LogP contribution is -2.15. The molecule has 0 aromatic heterocycles. The highest BCUT2D eigenvalue weighted by atomic mass is 35.5. The van der Waals surface area contributed by atoms with Gasteiger partial charge in [0.05, 0.1) is 5.02 Å². The number of nitrogens with two attached hydrogens (primary N) is 1. The minimum atomic E-state index is -4.00. The zero-order valence-electron chi connectivity index (χ0n) is 14.2. The van der Waals surface area contributed by atoms with E-state index in [1.807, 2.05) is 18.2 Å². The Morgan fingerprint density at radius 1 is 1.12 bits per heavy atom. The Morgan fingerprint density at radius 3 is 2.65 bits per heavy atom. The lowest BCUT2D eigenvalue weighted by atomic mass is 9.86. The number of benzene rings is 2. The maximum absolute atomic E-state index is 13.1. The van der Waals surface area contributed by atoms with Gasteiger partial charge in [0.1, 0.15) is 4.90 Å². The predicted octanol–water partition coefficient (Wildman–Crippen LogP) is 3.08. The van der Waals surface area contributed by atoms with Gasteiger partial charge in [0.2, 0.25) is 10.0 Å². The summed E-state index contributed by atoms with van der Waals surface area (Å²) < 4.78 is 23.4. The molecule has 0 saturated carbocycles. The molecule has 0 bridgehead atoms. The fraction of sp³-hybridized carbons (Fsp3) is 0.316. The van der Waals surface area contributed by atoms with Crippen molar-refractivity contribution in [2.24, 2.45) is 5.14 Å². The fourth-order valence-electron chi connectivity index (χ4n) is 3.41. The number of carbonyl (C=O) groups is 1. The summed E-state index contributed by atoms with van der Waals surface area (Å²) in [6, 6.07) is 11.7. The van der Waals surface area contributed by atoms with Gasteiger partial charge in [0.25, 0.3) is 0 Å². The Labute approximate surface area is 158 Å². The Kier molecular flexibility index (Phi) is 5.77. The van der Waals surface area contributed by atoms with E-state index in [1.165, 1.54) is 18.2 Å². The summed E-state index contributed by atoms with van der Waals surface area (Å²) in [7, 11) is -4.00. The molecular formula is C19H21ClN2O3S. The van der Waals surface area contributed by atoms with Crippen LogP contribution in [0, 0.1) is 0 Å². The third-order valence-corrected chi connectivity index (χ3v) is 6.11. The standard InChI is InChI=1S/C19H21ClN2O3S/c20-17-8-7-14(12-18(17)26(21,24)25)19(23)16-6-2-1-5-15(16)13-4-3-10-22-11-9-13/h1-2,5-8,12-13,22H,3-4,9-11H2,(H2,21,24,25). The van der Waals surface area contributed by atoms with Gasteiger partial charge in [0.15, 0.2) is 5.78 Å². The van der Waals surface area contributed by atoms with Crippen LogP contribution in [0.5, 0.6) is 0 Å². The van der Waals surface area contributed by atoms with E-state index in [0.717, 1.165) is 37.9 Å². The molecule has 5 nitrogen and oxygen atoms in total. The summed E-state index contributed by atoms with van der Waals surface area (Å²) in [5, 5.41) is 8.58. The quantitative estimate of drug-likeness (QED) is 0.782. The summed E-state index contributed by atoms with van der Waals surface area (Å²) in [6.07, 6.45) is 3.04. The Bertz CT molecular complexity index is 920. The van der Waals surface area contributed by atoms with E-state index in [0.29, 0.717) is 11.5 Å². The number of carbonyl (C=O) groups excluding carboxylic acids is 1. The predicted molar refractivity (Wildman–Crippen MR) is 102 cm³/mol. The molecule has 1 fully saturated rings. The molecule has 0 amide bonds. The van der Waals surface area contributed by atoms with Gasteiger partial charge < -0.3 is 5.32 Å². The van der Waals surface area contributed by atoms with Crippen LogP contribution in [0.25, 0.3) is 0 Å². The van der Waals surface area contributed by atoms with Crippen molar-refractivity contribution in [3.63, 3.8) is 0 Å². The summed E-state index contributed by atoms with van der Waals surface area (Å²) >= 11 is 5.93. The van der Waals surface area contributed by atoms with Crippen molar-refractivity contribution in [2.75, 3.05) is 13.1 Å². The largest absolute Gasteiger partial charge is 0.317 e. The van der Waals surface area contributed by atoms with Gasteiger partial charge in [-0.3, -0.25) is 4.79 Å². The van der Waals surface area contributed by atoms with E-state index in [4.69, 9.17) is 16.7 Å². The zero-order valence-corrected chi connectivity index (χ0v) is 15.8. The number of sulfonamides is 1. The van der Waals surface area contributed by atoms with E-state index in [2.05, 4.69) is 5.32 Å². The number of hydrogen-bond acceptors (Lipinski definition) is 4. The average molecular weight is 393 g/mol. The normalized spacial score (nSPS) is 18.3. The SMILES string of the molecule is NS(=O)(=O)c1cc(C(=O)c2ccccc2C2CCCNCC2)ccc1Cl. The molecule has 1 atom stereocenters. The second-order valence-corrected chi connectivity index (χ2v) is 8.42. The average Bonchev–Trinajstić information content (AvgIpc) is 2.90. The second kappa shape index (κ2) is 7.88. The third kappa shape index (κ3) is 4.15. The summed E-state index contributed by atoms with van der Waals surface area (Å²) in [6.45, 7) is 1.91. The third-order valence-electron chi connectivity index (χ3n) is 4.72. The molecule has 3 N–H and O–H groups in total. The smallest absolute Gasteiger partial charge is 0.239 e. The lowest BCUT2D eigenvalue weighted by Gasteiger charge is -2.18. The minimum absolute atomic E-state index is 0.00665. The number of halogens is 1. The highest BCUT2D eigenvalue weighted by Gasteiger charge is 2.22. The molecule has 1 aliphatic heterocycles. The number of primary sulfonamides is 1. The van der Waals surface area contributed by atoms with E-state index in [-0.39, 0.29) is 21.3 Å². The molecule has 1 unspecified atom stereocenters. The van der Waals surface area contributed by atoms with Crippen molar-refractivity contribution < 1.29 is 13.2 Å². The van der Waals surface area contributed by atoms with Gasteiger partial charge in [-0.15, -0.1) is 0 Å². The Hall–Kier alpha value is -1.73. The molecular weight excluding hydrogens is 372 g/mol. The molecule has 2 aromatic rings. The first kappa shape index (κ1) is 19.0. The van der Waals surface area contributed by atoms with Crippen LogP contribution >= 0.6 is 11.6 Å². The molecule has 138 valence electrons. The van der Waals surface area contributed by atoms with Crippen LogP contribution in [0.3, 0.4) is 0 Å². The number of rotatable bonds is 4. The molecule has 7 heteroatoms. The maximum Gasteiger partial charge on any atom is 0.239 e. The van der Waals surface area contributed by atoms with Crippen molar-refractivity contribution in [1.82, 2.24) is 5.32 Å². The number of hydrogen-bond donors (Lipinski definition) is 2. The molecule has 1 saturated heterocycles. The first-order valence-electron chi connectivity index (χ1n) is 8.54. The van der Waals surface area contributed by atoms with E-state index in [1.54, 1.807) is 6.07 Å². The van der Waals surface area contributed by atoms with Crippen molar-refractivity contribution in [1.29, 1.82) is 0 Å². The molecule has 1 heterocycles. The summed E-state index contributed by atoms with van der Waals surface area (Å²) in [5.41, 5.74) is 1.87. The van der Waals surface area contributed by atoms with Crippen LogP contribution in [0.1, 0.15) is 46.7 Å². The lowest BCUT2D eigenvalue weighted by molar-refractivity contribution is 0.103. The highest BCUT2D eigenvalue weighted by Crippen LogP contribution is 2.31. The second-order valence-electron chi connectivity index (χ2n) is 6.48. The van der Waals surface area contributed by atoms with Crippen LogP contribution in [0.2, 0.25) is 5.02 Å². The van der Waals surface area contributed by atoms with Crippen molar-refractivity contribution >= 4 is 27.4 Å². The maximum atomic E-state index is 13.1. The Morgan fingerprint density at radius 2 is 1.88 bits per heavy atom. The van der Waals surface area contributed by atoms with Crippen molar-refractivity contribution in [3.8, 4) is 0 Å². The Balaban J connectivity index is 2.01. The van der Waals surface area contributed by atoms with Gasteiger partial charge in [-0.2, -0.15) is 0 Å². The van der Waals surface area contributed by atoms with Crippen LogP contribution in [-0.2, 0) is 10.0 Å². The molecule has 0 radical (unpaired) electrons. The monoisotopic (exact) mass is 392 g/mol. The van der Waals surface area contributed by atoms with Crippen LogP contribution in [-0.4, -0.2) is 27.3 Å². The topological polar surface area (TPSA) is 89.3 Å². The fourth-order valence-corrected chi connectivity index (χ4v) is 4.48. The first-order valence-corrected chi connectivity index (χ1v) is 10.5. The van der Waals surface area contributed by atoms with Crippen LogP contribution in [0.4, 0.5) is 0 Å². The first-order chi connectivity index (χ1) is 12.4. The van der Waals surface area contributed by atoms with E-state index >= 15 is 0 Å². The molecule has 3 rings (SSSR count). The number of ketones is 1. The molecule has 1 aliphatic rings. The number of nitrogens with one attached hydrogen (secondary N) is 1. The van der Waals surface area contributed by atoms with E-state index < -0.39 is 10.0 Å². The van der Waals surface area contributed by atoms with Crippen molar-refractivity contribution in [2.45, 2.75) is 30.1 Å². The van der Waals surface area contributed by atoms with Gasteiger partial charge in [-0.25, -0.2) is 13.6 Å². The summed E-state index contributed by atoms with van der Waals surface area (Å²) in [5.74, 6) is 0.0783. The highest BCUT2D eigenvalue weighted by molar-refractivity contribution is 7.89. The van der Waals surface area contributed by atoms with Gasteiger partial charge in [-0.1, -0.05) is 35.9 Å². The molecule has 26 heavy (non-hydrogen) atoms. The zero-order chi connectivity index (χ0) is 18.7. The summed E-state index contributed by atoms with van der Waals surface area (Å²) in [4.78, 5) is 12.9.